The van der Waals surface area contributed by atoms with Crippen molar-refractivity contribution in [2.75, 3.05) is 38.5 Å². The van der Waals surface area contributed by atoms with Gasteiger partial charge >= 0.3 is 0 Å². The van der Waals surface area contributed by atoms with Gasteiger partial charge in [-0.2, -0.15) is 0 Å². The zero-order valence-electron chi connectivity index (χ0n) is 15.9. The number of likely N-dealkylation sites (tertiary alicyclic amines) is 1. The molecule has 0 unspecified atom stereocenters. The average Bonchev–Trinajstić information content (AvgIpc) is 3.19. The zero-order chi connectivity index (χ0) is 18.5. The molecule has 0 bridgehead atoms. The Balaban J connectivity index is 1.30. The summed E-state index contributed by atoms with van der Waals surface area (Å²) < 4.78 is 6.28. The minimum atomic E-state index is -0.00320. The molecule has 2 aromatic rings. The minimum absolute atomic E-state index is 0.00320. The number of nitrogens with zero attached hydrogens (tertiary/aromatic N) is 5. The van der Waals surface area contributed by atoms with Gasteiger partial charge in [0.2, 0.25) is 0 Å². The van der Waals surface area contributed by atoms with Crippen LogP contribution in [0.2, 0.25) is 0 Å². The lowest BCUT2D eigenvalue weighted by atomic mass is 9.89. The van der Waals surface area contributed by atoms with Crippen LogP contribution in [0.1, 0.15) is 31.2 Å². The van der Waals surface area contributed by atoms with E-state index in [4.69, 9.17) is 4.74 Å². The summed E-state index contributed by atoms with van der Waals surface area (Å²) >= 11 is 1.68. The highest BCUT2D eigenvalue weighted by atomic mass is 32.2. The lowest BCUT2D eigenvalue weighted by Gasteiger charge is -2.47. The van der Waals surface area contributed by atoms with Crippen molar-refractivity contribution in [2.45, 2.75) is 43.6 Å². The molecular weight excluding hydrogens is 360 g/mol. The molecule has 7 nitrogen and oxygen atoms in total. The minimum Gasteiger partial charge on any atom is -0.372 e. The number of H-pyrrole nitrogens is 1. The molecule has 1 spiro atoms. The normalized spacial score (nSPS) is 20.9. The summed E-state index contributed by atoms with van der Waals surface area (Å²) in [5.41, 5.74) is 1.18. The molecular formula is C19H28N6OS. The van der Waals surface area contributed by atoms with Crippen LogP contribution in [-0.4, -0.2) is 73.9 Å². The summed E-state index contributed by atoms with van der Waals surface area (Å²) in [5.74, 6) is 2.05. The molecule has 0 atom stereocenters. The second-order valence-electron chi connectivity index (χ2n) is 7.36. The molecule has 0 aromatic carbocycles. The number of aromatic amines is 1. The lowest BCUT2D eigenvalue weighted by molar-refractivity contribution is -0.138. The molecule has 2 fully saturated rings. The molecule has 8 heteroatoms. The number of thioether (sulfide) groups is 1. The Labute approximate surface area is 164 Å². The second kappa shape index (κ2) is 8.68. The molecule has 27 heavy (non-hydrogen) atoms. The highest BCUT2D eigenvalue weighted by molar-refractivity contribution is 7.99. The van der Waals surface area contributed by atoms with Crippen LogP contribution in [0.4, 0.5) is 0 Å². The number of nitrogens with one attached hydrogen (secondary N) is 1. The van der Waals surface area contributed by atoms with E-state index in [0.29, 0.717) is 0 Å². The molecule has 146 valence electrons. The van der Waals surface area contributed by atoms with Crippen LogP contribution in [0.3, 0.4) is 0 Å². The van der Waals surface area contributed by atoms with E-state index >= 15 is 0 Å². The van der Waals surface area contributed by atoms with Gasteiger partial charge in [0.05, 0.1) is 18.8 Å². The first kappa shape index (κ1) is 18.9. The van der Waals surface area contributed by atoms with Crippen LogP contribution in [0.25, 0.3) is 0 Å². The van der Waals surface area contributed by atoms with E-state index in [-0.39, 0.29) is 5.60 Å². The van der Waals surface area contributed by atoms with Crippen LogP contribution < -0.4 is 0 Å². The molecule has 2 aliphatic heterocycles. The quantitative estimate of drug-likeness (QED) is 0.601. The zero-order valence-corrected chi connectivity index (χ0v) is 16.7. The Morgan fingerprint density at radius 2 is 1.93 bits per heavy atom. The van der Waals surface area contributed by atoms with Gasteiger partial charge in [-0.3, -0.25) is 9.80 Å². The maximum atomic E-state index is 6.28. The summed E-state index contributed by atoms with van der Waals surface area (Å²) in [6, 6.07) is 0. The van der Waals surface area contributed by atoms with E-state index < -0.39 is 0 Å². The predicted molar refractivity (Wildman–Crippen MR) is 105 cm³/mol. The van der Waals surface area contributed by atoms with E-state index in [1.165, 1.54) is 5.56 Å². The number of piperidine rings is 1. The van der Waals surface area contributed by atoms with Crippen LogP contribution in [0.5, 0.6) is 0 Å². The maximum absolute atomic E-state index is 6.28. The molecule has 0 radical (unpaired) electrons. The third-order valence-electron chi connectivity index (χ3n) is 5.38. The lowest BCUT2D eigenvalue weighted by Crippen LogP contribution is -2.56. The van der Waals surface area contributed by atoms with Gasteiger partial charge in [0.25, 0.3) is 0 Å². The van der Waals surface area contributed by atoms with Crippen LogP contribution in [0, 0.1) is 0 Å². The number of hydrogen-bond donors (Lipinski definition) is 1. The molecule has 2 aliphatic rings. The SMILES string of the molecule is CCSc1ncc(CN2CCOC3(CCN(Cc4ncc[nH]4)CC3)C2)cn1. The van der Waals surface area contributed by atoms with Gasteiger partial charge in [-0.05, 0) is 18.6 Å². The Bertz CT molecular complexity index is 699. The fraction of sp³-hybridized carbons (Fsp3) is 0.632. The van der Waals surface area contributed by atoms with Gasteiger partial charge in [0.1, 0.15) is 5.82 Å². The molecule has 0 aliphatic carbocycles. The Hall–Kier alpha value is -1.48. The molecule has 1 N–H and O–H groups in total. The van der Waals surface area contributed by atoms with Crippen LogP contribution in [-0.2, 0) is 17.8 Å². The van der Waals surface area contributed by atoms with Crippen molar-refractivity contribution < 1.29 is 4.74 Å². The number of hydrogen-bond acceptors (Lipinski definition) is 7. The number of rotatable bonds is 6. The van der Waals surface area contributed by atoms with Gasteiger partial charge in [-0.25, -0.2) is 15.0 Å². The molecule has 2 saturated heterocycles. The van der Waals surface area contributed by atoms with Gasteiger partial charge < -0.3 is 9.72 Å². The number of aromatic nitrogens is 4. The van der Waals surface area contributed by atoms with Crippen molar-refractivity contribution in [2.24, 2.45) is 0 Å². The maximum Gasteiger partial charge on any atom is 0.187 e. The Morgan fingerprint density at radius 1 is 1.11 bits per heavy atom. The molecule has 0 saturated carbocycles. The Kier molecular flexibility index (Phi) is 6.07. The highest BCUT2D eigenvalue weighted by Gasteiger charge is 2.39. The molecule has 2 aromatic heterocycles. The number of morpholine rings is 1. The first-order valence-corrected chi connectivity index (χ1v) is 10.7. The monoisotopic (exact) mass is 388 g/mol. The molecule has 0 amide bonds. The van der Waals surface area contributed by atoms with Crippen molar-refractivity contribution in [1.29, 1.82) is 0 Å². The molecule has 4 heterocycles. The number of ether oxygens (including phenoxy) is 1. The van der Waals surface area contributed by atoms with Crippen molar-refractivity contribution >= 4 is 11.8 Å². The molecule has 4 rings (SSSR count). The number of imidazole rings is 1. The van der Waals surface area contributed by atoms with E-state index in [9.17, 15) is 0 Å². The third kappa shape index (κ3) is 4.87. The fourth-order valence-electron chi connectivity index (χ4n) is 3.96. The summed E-state index contributed by atoms with van der Waals surface area (Å²) in [5, 5.41) is 0.864. The first-order valence-electron chi connectivity index (χ1n) is 9.75. The van der Waals surface area contributed by atoms with Crippen LogP contribution in [0.15, 0.2) is 29.9 Å². The largest absolute Gasteiger partial charge is 0.372 e. The summed E-state index contributed by atoms with van der Waals surface area (Å²) in [6.07, 6.45) is 9.80. The van der Waals surface area contributed by atoms with Crippen molar-refractivity contribution in [3.8, 4) is 0 Å². The highest BCUT2D eigenvalue weighted by Crippen LogP contribution is 2.31. The topological polar surface area (TPSA) is 70.2 Å². The smallest absolute Gasteiger partial charge is 0.187 e. The third-order valence-corrected chi connectivity index (χ3v) is 6.14. The van der Waals surface area contributed by atoms with Gasteiger partial charge in [-0.15, -0.1) is 0 Å². The predicted octanol–water partition coefficient (Wildman–Crippen LogP) is 2.18. The van der Waals surface area contributed by atoms with Crippen molar-refractivity contribution in [1.82, 2.24) is 29.7 Å². The first-order chi connectivity index (χ1) is 13.2. The van der Waals surface area contributed by atoms with Gasteiger partial charge in [-0.1, -0.05) is 18.7 Å². The van der Waals surface area contributed by atoms with E-state index in [1.54, 1.807) is 11.8 Å². The van der Waals surface area contributed by atoms with Crippen molar-refractivity contribution in [3.63, 3.8) is 0 Å². The van der Waals surface area contributed by atoms with Gasteiger partial charge in [0, 0.05) is 63.1 Å². The van der Waals surface area contributed by atoms with Crippen molar-refractivity contribution in [3.05, 3.63) is 36.2 Å². The van der Waals surface area contributed by atoms with E-state index in [2.05, 4.69) is 36.7 Å². The van der Waals surface area contributed by atoms with E-state index in [1.807, 2.05) is 24.8 Å². The fourth-order valence-corrected chi connectivity index (χ4v) is 4.47. The average molecular weight is 389 g/mol. The summed E-state index contributed by atoms with van der Waals surface area (Å²) in [7, 11) is 0. The summed E-state index contributed by atoms with van der Waals surface area (Å²) in [6.45, 7) is 8.81. The van der Waals surface area contributed by atoms with Gasteiger partial charge in [0.15, 0.2) is 5.16 Å². The van der Waals surface area contributed by atoms with Crippen LogP contribution >= 0.6 is 11.8 Å². The second-order valence-corrected chi connectivity index (χ2v) is 8.59. The standard InChI is InChI=1S/C19H28N6OS/c1-2-27-18-22-11-16(12-23-18)13-25-9-10-26-19(15-25)3-7-24(8-4-19)14-17-20-5-6-21-17/h5-6,11-12H,2-4,7-10,13-15H2,1H3,(H,20,21). The summed E-state index contributed by atoms with van der Waals surface area (Å²) in [4.78, 5) is 21.4. The Morgan fingerprint density at radius 3 is 2.63 bits per heavy atom. The van der Waals surface area contributed by atoms with E-state index in [0.717, 1.165) is 75.5 Å².